The molecular formula is C17H15N3O6. The summed E-state index contributed by atoms with van der Waals surface area (Å²) < 4.78 is 4.42. The number of nitrogens with zero attached hydrogens (tertiary/aromatic N) is 1. The van der Waals surface area contributed by atoms with Gasteiger partial charge in [-0.3, -0.25) is 24.5 Å². The molecule has 0 bridgehead atoms. The SMILES string of the molecule is COC(=O)CNC(=O)c1ccc(NC(=O)c2cccc([N+](=O)[O-])c2)cc1. The summed E-state index contributed by atoms with van der Waals surface area (Å²) in [7, 11) is 1.22. The fourth-order valence-electron chi connectivity index (χ4n) is 2.00. The number of amides is 2. The molecule has 0 spiro atoms. The Hall–Kier alpha value is -3.75. The normalized spacial score (nSPS) is 9.88. The van der Waals surface area contributed by atoms with E-state index in [1.165, 1.54) is 55.6 Å². The third-order valence-electron chi connectivity index (χ3n) is 3.35. The summed E-state index contributed by atoms with van der Waals surface area (Å²) >= 11 is 0. The molecule has 0 atom stereocenters. The van der Waals surface area contributed by atoms with E-state index in [1.54, 1.807) is 0 Å². The minimum absolute atomic E-state index is 0.138. The van der Waals surface area contributed by atoms with E-state index < -0.39 is 22.7 Å². The molecule has 9 nitrogen and oxygen atoms in total. The molecule has 0 aliphatic heterocycles. The van der Waals surface area contributed by atoms with Crippen LogP contribution in [-0.2, 0) is 9.53 Å². The van der Waals surface area contributed by atoms with E-state index in [1.807, 2.05) is 0 Å². The van der Waals surface area contributed by atoms with E-state index in [2.05, 4.69) is 15.4 Å². The van der Waals surface area contributed by atoms with Crippen molar-refractivity contribution in [2.24, 2.45) is 0 Å². The average Bonchev–Trinajstić information content (AvgIpc) is 2.66. The Bertz CT molecular complexity index is 848. The van der Waals surface area contributed by atoms with Gasteiger partial charge in [0.1, 0.15) is 6.54 Å². The maximum Gasteiger partial charge on any atom is 0.325 e. The number of carbonyl (C=O) groups is 3. The molecule has 0 saturated heterocycles. The molecule has 0 aliphatic rings. The summed E-state index contributed by atoms with van der Waals surface area (Å²) in [4.78, 5) is 45.2. The number of nitro benzene ring substituents is 1. The van der Waals surface area contributed by atoms with Crippen LogP contribution in [0, 0.1) is 10.1 Å². The molecule has 26 heavy (non-hydrogen) atoms. The summed E-state index contributed by atoms with van der Waals surface area (Å²) in [5, 5.41) is 15.7. The highest BCUT2D eigenvalue weighted by Crippen LogP contribution is 2.16. The van der Waals surface area contributed by atoms with Gasteiger partial charge in [-0.15, -0.1) is 0 Å². The number of methoxy groups -OCH3 is 1. The molecule has 9 heteroatoms. The van der Waals surface area contributed by atoms with Crippen LogP contribution in [0.25, 0.3) is 0 Å². The zero-order valence-electron chi connectivity index (χ0n) is 13.7. The van der Waals surface area contributed by atoms with Gasteiger partial charge in [-0.25, -0.2) is 0 Å². The number of nitrogens with one attached hydrogen (secondary N) is 2. The Kier molecular flexibility index (Phi) is 5.99. The highest BCUT2D eigenvalue weighted by molar-refractivity contribution is 6.05. The summed E-state index contributed by atoms with van der Waals surface area (Å²) in [6.45, 7) is -0.249. The summed E-state index contributed by atoms with van der Waals surface area (Å²) in [5.74, 6) is -1.55. The van der Waals surface area contributed by atoms with Crippen LogP contribution in [0.5, 0.6) is 0 Å². The van der Waals surface area contributed by atoms with E-state index in [4.69, 9.17) is 0 Å². The Labute approximate surface area is 148 Å². The molecule has 2 aromatic rings. The minimum atomic E-state index is -0.585. The Morgan fingerprint density at radius 2 is 1.73 bits per heavy atom. The summed E-state index contributed by atoms with van der Waals surface area (Å²) in [6.07, 6.45) is 0. The van der Waals surface area contributed by atoms with Gasteiger partial charge in [0, 0.05) is 28.9 Å². The van der Waals surface area contributed by atoms with Crippen molar-refractivity contribution in [1.29, 1.82) is 0 Å². The topological polar surface area (TPSA) is 128 Å². The first-order chi connectivity index (χ1) is 12.4. The Balaban J connectivity index is 2.01. The predicted octanol–water partition coefficient (Wildman–Crippen LogP) is 1.75. The number of hydrogen-bond donors (Lipinski definition) is 2. The van der Waals surface area contributed by atoms with E-state index in [0.29, 0.717) is 11.3 Å². The maximum absolute atomic E-state index is 12.2. The number of rotatable bonds is 6. The highest BCUT2D eigenvalue weighted by Gasteiger charge is 2.12. The molecule has 0 heterocycles. The highest BCUT2D eigenvalue weighted by atomic mass is 16.6. The number of esters is 1. The number of carbonyl (C=O) groups excluding carboxylic acids is 3. The lowest BCUT2D eigenvalue weighted by Gasteiger charge is -2.07. The minimum Gasteiger partial charge on any atom is -0.468 e. The molecular weight excluding hydrogens is 342 g/mol. The standard InChI is InChI=1S/C17H15N3O6/c1-26-15(21)10-18-16(22)11-5-7-13(8-6-11)19-17(23)12-3-2-4-14(9-12)20(24)25/h2-9H,10H2,1H3,(H,18,22)(H,19,23). The van der Waals surface area contributed by atoms with E-state index in [0.717, 1.165) is 0 Å². The monoisotopic (exact) mass is 357 g/mol. The van der Waals surface area contributed by atoms with Crippen molar-refractivity contribution >= 4 is 29.2 Å². The number of anilines is 1. The summed E-state index contributed by atoms with van der Waals surface area (Å²) in [5.41, 5.74) is 0.655. The van der Waals surface area contributed by atoms with Gasteiger partial charge in [0.05, 0.1) is 12.0 Å². The van der Waals surface area contributed by atoms with E-state index >= 15 is 0 Å². The van der Waals surface area contributed by atoms with Gasteiger partial charge in [-0.1, -0.05) is 6.07 Å². The van der Waals surface area contributed by atoms with Crippen LogP contribution in [0.1, 0.15) is 20.7 Å². The number of benzene rings is 2. The zero-order chi connectivity index (χ0) is 19.1. The zero-order valence-corrected chi connectivity index (χ0v) is 13.7. The molecule has 0 aromatic heterocycles. The van der Waals surface area contributed by atoms with Gasteiger partial charge in [0.25, 0.3) is 17.5 Å². The molecule has 2 amide bonds. The van der Waals surface area contributed by atoms with Gasteiger partial charge < -0.3 is 15.4 Å². The Morgan fingerprint density at radius 3 is 2.35 bits per heavy atom. The van der Waals surface area contributed by atoms with Gasteiger partial charge in [-0.2, -0.15) is 0 Å². The molecule has 134 valence electrons. The number of non-ortho nitro benzene ring substituents is 1. The summed E-state index contributed by atoms with van der Waals surface area (Å²) in [6, 6.07) is 11.3. The van der Waals surface area contributed by atoms with Crippen molar-refractivity contribution < 1.29 is 24.0 Å². The second-order valence-corrected chi connectivity index (χ2v) is 5.10. The first-order valence-corrected chi connectivity index (χ1v) is 7.41. The Morgan fingerprint density at radius 1 is 1.04 bits per heavy atom. The van der Waals surface area contributed by atoms with Gasteiger partial charge in [-0.05, 0) is 30.3 Å². The van der Waals surface area contributed by atoms with Gasteiger partial charge in [0.15, 0.2) is 0 Å². The van der Waals surface area contributed by atoms with Crippen LogP contribution in [0.3, 0.4) is 0 Å². The molecule has 0 fully saturated rings. The van der Waals surface area contributed by atoms with Crippen LogP contribution in [0.2, 0.25) is 0 Å². The second kappa shape index (κ2) is 8.38. The lowest BCUT2D eigenvalue weighted by Crippen LogP contribution is -2.30. The van der Waals surface area contributed by atoms with Crippen molar-refractivity contribution in [1.82, 2.24) is 5.32 Å². The molecule has 0 saturated carbocycles. The molecule has 0 aliphatic carbocycles. The fourth-order valence-corrected chi connectivity index (χ4v) is 2.00. The molecule has 2 aromatic carbocycles. The third-order valence-corrected chi connectivity index (χ3v) is 3.35. The largest absolute Gasteiger partial charge is 0.468 e. The van der Waals surface area contributed by atoms with Crippen molar-refractivity contribution in [2.75, 3.05) is 19.0 Å². The number of ether oxygens (including phenoxy) is 1. The van der Waals surface area contributed by atoms with Crippen molar-refractivity contribution in [3.05, 3.63) is 69.8 Å². The van der Waals surface area contributed by atoms with Crippen LogP contribution in [-0.4, -0.2) is 36.4 Å². The number of nitro groups is 1. The molecule has 2 rings (SSSR count). The first-order valence-electron chi connectivity index (χ1n) is 7.41. The van der Waals surface area contributed by atoms with Crippen molar-refractivity contribution in [3.63, 3.8) is 0 Å². The van der Waals surface area contributed by atoms with Crippen LogP contribution >= 0.6 is 0 Å². The van der Waals surface area contributed by atoms with Gasteiger partial charge >= 0.3 is 5.97 Å². The van der Waals surface area contributed by atoms with Crippen molar-refractivity contribution in [3.8, 4) is 0 Å². The van der Waals surface area contributed by atoms with E-state index in [-0.39, 0.29) is 17.8 Å². The van der Waals surface area contributed by atoms with Crippen LogP contribution in [0.15, 0.2) is 48.5 Å². The smallest absolute Gasteiger partial charge is 0.325 e. The average molecular weight is 357 g/mol. The fraction of sp³-hybridized carbons (Fsp3) is 0.118. The first kappa shape index (κ1) is 18.6. The van der Waals surface area contributed by atoms with E-state index in [9.17, 15) is 24.5 Å². The van der Waals surface area contributed by atoms with Crippen LogP contribution < -0.4 is 10.6 Å². The third kappa shape index (κ3) is 4.87. The second-order valence-electron chi connectivity index (χ2n) is 5.10. The quantitative estimate of drug-likeness (QED) is 0.460. The number of hydrogen-bond acceptors (Lipinski definition) is 6. The molecule has 0 radical (unpaired) electrons. The molecule has 2 N–H and O–H groups in total. The van der Waals surface area contributed by atoms with Crippen molar-refractivity contribution in [2.45, 2.75) is 0 Å². The van der Waals surface area contributed by atoms with Gasteiger partial charge in [0.2, 0.25) is 0 Å². The lowest BCUT2D eigenvalue weighted by atomic mass is 10.1. The predicted molar refractivity (Wildman–Crippen MR) is 91.8 cm³/mol. The molecule has 0 unspecified atom stereocenters. The van der Waals surface area contributed by atoms with Crippen LogP contribution in [0.4, 0.5) is 11.4 Å². The lowest BCUT2D eigenvalue weighted by molar-refractivity contribution is -0.384. The maximum atomic E-state index is 12.2.